The van der Waals surface area contributed by atoms with E-state index < -0.39 is 6.04 Å². The summed E-state index contributed by atoms with van der Waals surface area (Å²) < 4.78 is 7.22. The van der Waals surface area contributed by atoms with Gasteiger partial charge in [-0.1, -0.05) is 48.0 Å². The quantitative estimate of drug-likeness (QED) is 0.428. The molecule has 0 saturated heterocycles. The van der Waals surface area contributed by atoms with Crippen LogP contribution in [0.2, 0.25) is 0 Å². The van der Waals surface area contributed by atoms with Gasteiger partial charge in [-0.2, -0.15) is 4.98 Å². The Hall–Kier alpha value is -3.91. The first kappa shape index (κ1) is 21.0. The molecule has 1 amide bonds. The van der Waals surface area contributed by atoms with Gasteiger partial charge >= 0.3 is 0 Å². The van der Waals surface area contributed by atoms with Gasteiger partial charge in [-0.3, -0.25) is 4.79 Å². The number of para-hydroxylation sites is 2. The molecular formula is C25H23N5O2S. The SMILES string of the molecule is COc1ccccc1NC(=O)C1=C(C)Nc2nc(-c3cccs3)nn2C1c1cccc(C)c1. The van der Waals surface area contributed by atoms with Gasteiger partial charge in [-0.25, -0.2) is 4.68 Å². The number of hydrogen-bond acceptors (Lipinski definition) is 6. The summed E-state index contributed by atoms with van der Waals surface area (Å²) in [4.78, 5) is 19.3. The number of thiophene rings is 1. The lowest BCUT2D eigenvalue weighted by molar-refractivity contribution is -0.113. The minimum Gasteiger partial charge on any atom is -0.495 e. The maximum Gasteiger partial charge on any atom is 0.255 e. The molecule has 166 valence electrons. The Morgan fingerprint density at radius 1 is 1.12 bits per heavy atom. The van der Waals surface area contributed by atoms with Crippen molar-refractivity contribution in [3.8, 4) is 16.5 Å². The number of ether oxygens (including phenoxy) is 1. The van der Waals surface area contributed by atoms with Gasteiger partial charge in [0, 0.05) is 5.70 Å². The molecule has 8 heteroatoms. The van der Waals surface area contributed by atoms with Gasteiger partial charge < -0.3 is 15.4 Å². The van der Waals surface area contributed by atoms with E-state index in [2.05, 4.69) is 16.7 Å². The average molecular weight is 458 g/mol. The second-order valence-corrected chi connectivity index (χ2v) is 8.76. The maximum absolute atomic E-state index is 13.6. The highest BCUT2D eigenvalue weighted by Crippen LogP contribution is 2.38. The largest absolute Gasteiger partial charge is 0.495 e. The van der Waals surface area contributed by atoms with E-state index in [-0.39, 0.29) is 5.91 Å². The lowest BCUT2D eigenvalue weighted by Crippen LogP contribution is -2.31. The first-order valence-electron chi connectivity index (χ1n) is 10.5. The van der Waals surface area contributed by atoms with Crippen LogP contribution in [-0.4, -0.2) is 27.8 Å². The molecule has 3 heterocycles. The molecule has 1 aliphatic heterocycles. The highest BCUT2D eigenvalue weighted by Gasteiger charge is 2.34. The van der Waals surface area contributed by atoms with Crippen molar-refractivity contribution in [2.45, 2.75) is 19.9 Å². The minimum absolute atomic E-state index is 0.227. The monoisotopic (exact) mass is 457 g/mol. The fourth-order valence-electron chi connectivity index (χ4n) is 4.04. The third-order valence-electron chi connectivity index (χ3n) is 5.55. The highest BCUT2D eigenvalue weighted by atomic mass is 32.1. The number of methoxy groups -OCH3 is 1. The molecule has 0 bridgehead atoms. The van der Waals surface area contributed by atoms with E-state index in [1.807, 2.05) is 73.8 Å². The number of nitrogens with zero attached hydrogens (tertiary/aromatic N) is 3. The van der Waals surface area contributed by atoms with E-state index in [1.54, 1.807) is 23.1 Å². The van der Waals surface area contributed by atoms with Crippen molar-refractivity contribution < 1.29 is 9.53 Å². The zero-order valence-electron chi connectivity index (χ0n) is 18.5. The van der Waals surface area contributed by atoms with E-state index in [4.69, 9.17) is 14.8 Å². The maximum atomic E-state index is 13.6. The number of nitrogens with one attached hydrogen (secondary N) is 2. The van der Waals surface area contributed by atoms with Crippen molar-refractivity contribution in [3.05, 3.63) is 88.4 Å². The topological polar surface area (TPSA) is 81.1 Å². The van der Waals surface area contributed by atoms with Crippen LogP contribution in [0.4, 0.5) is 11.6 Å². The zero-order chi connectivity index (χ0) is 22.9. The average Bonchev–Trinajstić information content (AvgIpc) is 3.48. The van der Waals surface area contributed by atoms with Crippen molar-refractivity contribution >= 4 is 28.9 Å². The van der Waals surface area contributed by atoms with E-state index >= 15 is 0 Å². The number of anilines is 2. The molecule has 4 aromatic rings. The molecule has 0 radical (unpaired) electrons. The second-order valence-electron chi connectivity index (χ2n) is 7.82. The van der Waals surface area contributed by atoms with Gasteiger partial charge in [0.15, 0.2) is 5.82 Å². The van der Waals surface area contributed by atoms with Crippen LogP contribution in [0.1, 0.15) is 24.1 Å². The normalized spacial score (nSPS) is 15.1. The summed E-state index contributed by atoms with van der Waals surface area (Å²) in [6, 6.07) is 19.0. The third kappa shape index (κ3) is 3.89. The number of carbonyl (C=O) groups excluding carboxylic acids is 1. The number of rotatable bonds is 5. The molecule has 0 spiro atoms. The predicted molar refractivity (Wildman–Crippen MR) is 131 cm³/mol. The van der Waals surface area contributed by atoms with Crippen molar-refractivity contribution in [1.29, 1.82) is 0 Å². The lowest BCUT2D eigenvalue weighted by atomic mass is 9.94. The fraction of sp³-hybridized carbons (Fsp3) is 0.160. The summed E-state index contributed by atoms with van der Waals surface area (Å²) in [7, 11) is 1.58. The molecule has 0 fully saturated rings. The van der Waals surface area contributed by atoms with Crippen molar-refractivity contribution in [2.75, 3.05) is 17.7 Å². The predicted octanol–water partition coefficient (Wildman–Crippen LogP) is 5.25. The molecule has 1 unspecified atom stereocenters. The summed E-state index contributed by atoms with van der Waals surface area (Å²) >= 11 is 1.58. The smallest absolute Gasteiger partial charge is 0.255 e. The van der Waals surface area contributed by atoms with Crippen LogP contribution in [-0.2, 0) is 4.79 Å². The van der Waals surface area contributed by atoms with E-state index in [9.17, 15) is 4.79 Å². The third-order valence-corrected chi connectivity index (χ3v) is 6.42. The summed E-state index contributed by atoms with van der Waals surface area (Å²) in [6.45, 7) is 3.93. The number of benzene rings is 2. The van der Waals surface area contributed by atoms with Crippen LogP contribution in [0, 0.1) is 6.92 Å². The Kier molecular flexibility index (Phi) is 5.43. The lowest BCUT2D eigenvalue weighted by Gasteiger charge is -2.29. The first-order chi connectivity index (χ1) is 16.0. The molecule has 1 aliphatic rings. The van der Waals surface area contributed by atoms with Gasteiger partial charge in [0.1, 0.15) is 11.8 Å². The Morgan fingerprint density at radius 3 is 2.73 bits per heavy atom. The van der Waals surface area contributed by atoms with Gasteiger partial charge in [0.05, 0.1) is 23.2 Å². The zero-order valence-corrected chi connectivity index (χ0v) is 19.3. The number of aryl methyl sites for hydroxylation is 1. The molecule has 33 heavy (non-hydrogen) atoms. The summed E-state index contributed by atoms with van der Waals surface area (Å²) in [5.74, 6) is 1.61. The number of allylic oxidation sites excluding steroid dienone is 1. The number of hydrogen-bond donors (Lipinski definition) is 2. The van der Waals surface area contributed by atoms with Crippen LogP contribution in [0.5, 0.6) is 5.75 Å². The number of amides is 1. The molecule has 2 aromatic heterocycles. The van der Waals surface area contributed by atoms with E-state index in [1.165, 1.54) is 0 Å². The van der Waals surface area contributed by atoms with Crippen LogP contribution in [0.25, 0.3) is 10.7 Å². The molecule has 0 aliphatic carbocycles. The molecule has 5 rings (SSSR count). The van der Waals surface area contributed by atoms with E-state index in [0.29, 0.717) is 28.8 Å². The number of aromatic nitrogens is 3. The molecular weight excluding hydrogens is 434 g/mol. The van der Waals surface area contributed by atoms with Gasteiger partial charge in [0.2, 0.25) is 5.95 Å². The molecule has 0 saturated carbocycles. The van der Waals surface area contributed by atoms with Crippen LogP contribution in [0.15, 0.2) is 77.3 Å². The summed E-state index contributed by atoms with van der Waals surface area (Å²) in [6.07, 6.45) is 0. The second kappa shape index (κ2) is 8.55. The van der Waals surface area contributed by atoms with Crippen LogP contribution in [0.3, 0.4) is 0 Å². The number of carbonyl (C=O) groups is 1. The molecule has 1 atom stereocenters. The van der Waals surface area contributed by atoms with Gasteiger partial charge in [-0.05, 0) is 43.0 Å². The highest BCUT2D eigenvalue weighted by molar-refractivity contribution is 7.13. The first-order valence-corrected chi connectivity index (χ1v) is 11.4. The summed E-state index contributed by atoms with van der Waals surface area (Å²) in [5.41, 5.74) is 3.98. The Labute approximate surface area is 195 Å². The van der Waals surface area contributed by atoms with Crippen molar-refractivity contribution in [3.63, 3.8) is 0 Å². The van der Waals surface area contributed by atoms with Crippen LogP contribution < -0.4 is 15.4 Å². The molecule has 2 N–H and O–H groups in total. The van der Waals surface area contributed by atoms with Crippen LogP contribution >= 0.6 is 11.3 Å². The van der Waals surface area contributed by atoms with Crippen molar-refractivity contribution in [2.24, 2.45) is 0 Å². The van der Waals surface area contributed by atoms with Gasteiger partial charge in [-0.15, -0.1) is 16.4 Å². The molecule has 7 nitrogen and oxygen atoms in total. The Morgan fingerprint density at radius 2 is 1.97 bits per heavy atom. The fourth-order valence-corrected chi connectivity index (χ4v) is 4.69. The number of fused-ring (bicyclic) bond motifs is 1. The standard InChI is InChI=1S/C25H23N5O2S/c1-15-8-6-9-17(14-15)22-21(24(31)27-18-10-4-5-11-19(18)32-3)16(2)26-25-28-23(29-30(22)25)20-12-7-13-33-20/h4-14,22H,1-3H3,(H,27,31)(H,26,28,29). The molecule has 2 aromatic carbocycles. The van der Waals surface area contributed by atoms with Crippen molar-refractivity contribution in [1.82, 2.24) is 14.8 Å². The Balaban J connectivity index is 1.61. The Bertz CT molecular complexity index is 1360. The summed E-state index contributed by atoms with van der Waals surface area (Å²) in [5, 5.41) is 13.1. The minimum atomic E-state index is -0.433. The van der Waals surface area contributed by atoms with E-state index in [0.717, 1.165) is 21.7 Å². The van der Waals surface area contributed by atoms with Gasteiger partial charge in [0.25, 0.3) is 5.91 Å².